The molecule has 5 nitrogen and oxygen atoms in total. The van der Waals surface area contributed by atoms with Crippen molar-refractivity contribution in [3.63, 3.8) is 0 Å². The molecule has 0 atom stereocenters. The van der Waals surface area contributed by atoms with Gasteiger partial charge in [0.25, 0.3) is 5.69 Å². The summed E-state index contributed by atoms with van der Waals surface area (Å²) >= 11 is 3.20. The summed E-state index contributed by atoms with van der Waals surface area (Å²) in [4.78, 5) is 16.0. The van der Waals surface area contributed by atoms with Crippen molar-refractivity contribution in [3.8, 4) is 17.0 Å². The first-order chi connectivity index (χ1) is 11.7. The van der Waals surface area contributed by atoms with Crippen LogP contribution < -0.4 is 4.74 Å². The van der Waals surface area contributed by atoms with Crippen molar-refractivity contribution in [1.82, 2.24) is 4.98 Å². The molecule has 3 aromatic rings. The second kappa shape index (κ2) is 7.46. The summed E-state index contributed by atoms with van der Waals surface area (Å²) in [6.07, 6.45) is 2.03. The Morgan fingerprint density at radius 3 is 2.50 bits per heavy atom. The van der Waals surface area contributed by atoms with E-state index in [9.17, 15) is 10.1 Å². The zero-order valence-corrected chi connectivity index (χ0v) is 14.5. The van der Waals surface area contributed by atoms with Gasteiger partial charge in [-0.25, -0.2) is 4.98 Å². The average Bonchev–Trinajstić information content (AvgIpc) is 3.09. The van der Waals surface area contributed by atoms with E-state index in [-0.39, 0.29) is 5.69 Å². The fourth-order valence-electron chi connectivity index (χ4n) is 2.08. The zero-order chi connectivity index (χ0) is 16.9. The molecule has 0 saturated heterocycles. The first kappa shape index (κ1) is 16.5. The van der Waals surface area contributed by atoms with Gasteiger partial charge in [-0.05, 0) is 42.7 Å². The Bertz CT molecular complexity index is 830. The van der Waals surface area contributed by atoms with Gasteiger partial charge in [-0.15, -0.1) is 23.1 Å². The average molecular weight is 358 g/mol. The minimum absolute atomic E-state index is 0.0752. The topological polar surface area (TPSA) is 65.3 Å². The van der Waals surface area contributed by atoms with Crippen LogP contribution in [0.25, 0.3) is 11.3 Å². The lowest BCUT2D eigenvalue weighted by Crippen LogP contribution is -1.94. The van der Waals surface area contributed by atoms with Gasteiger partial charge in [0.15, 0.2) is 0 Å². The van der Waals surface area contributed by atoms with Gasteiger partial charge >= 0.3 is 0 Å². The Hall–Kier alpha value is -2.38. The van der Waals surface area contributed by atoms with Crippen molar-refractivity contribution >= 4 is 28.8 Å². The van der Waals surface area contributed by atoms with Crippen LogP contribution in [0.1, 0.15) is 5.01 Å². The van der Waals surface area contributed by atoms with Crippen LogP contribution >= 0.6 is 23.1 Å². The van der Waals surface area contributed by atoms with E-state index < -0.39 is 4.92 Å². The normalized spacial score (nSPS) is 10.5. The fourth-order valence-corrected chi connectivity index (χ4v) is 3.20. The monoisotopic (exact) mass is 358 g/mol. The van der Waals surface area contributed by atoms with Gasteiger partial charge in [0.1, 0.15) is 17.4 Å². The lowest BCUT2D eigenvalue weighted by Gasteiger charge is -2.04. The van der Waals surface area contributed by atoms with E-state index in [0.717, 1.165) is 22.0 Å². The van der Waals surface area contributed by atoms with Crippen LogP contribution in [0.2, 0.25) is 0 Å². The van der Waals surface area contributed by atoms with E-state index in [1.807, 2.05) is 35.9 Å². The number of rotatable bonds is 6. The maximum atomic E-state index is 10.7. The highest BCUT2D eigenvalue weighted by Crippen LogP contribution is 2.25. The van der Waals surface area contributed by atoms with Crippen LogP contribution in [0.5, 0.6) is 5.75 Å². The molecule has 0 spiro atoms. The third kappa shape index (κ3) is 3.93. The number of ether oxygens (including phenoxy) is 1. The molecular weight excluding hydrogens is 344 g/mol. The van der Waals surface area contributed by atoms with Crippen molar-refractivity contribution in [1.29, 1.82) is 0 Å². The summed E-state index contributed by atoms with van der Waals surface area (Å²) in [5, 5.41) is 13.5. The number of hydrogen-bond acceptors (Lipinski definition) is 6. The van der Waals surface area contributed by atoms with Gasteiger partial charge in [0.2, 0.25) is 0 Å². The van der Waals surface area contributed by atoms with E-state index in [0.29, 0.717) is 6.61 Å². The van der Waals surface area contributed by atoms with Crippen molar-refractivity contribution < 1.29 is 9.66 Å². The van der Waals surface area contributed by atoms with Crippen LogP contribution in [-0.2, 0) is 6.61 Å². The van der Waals surface area contributed by atoms with Crippen LogP contribution in [0, 0.1) is 10.1 Å². The molecule has 7 heteroatoms. The molecule has 0 fully saturated rings. The Morgan fingerprint density at radius 2 is 1.88 bits per heavy atom. The maximum Gasteiger partial charge on any atom is 0.269 e. The SMILES string of the molecule is CSc1ccc(OCc2nc(-c3ccc([N+](=O)[O-])cc3)cs2)cc1. The Kier molecular flexibility index (Phi) is 5.12. The Labute approximate surface area is 147 Å². The highest BCUT2D eigenvalue weighted by atomic mass is 32.2. The first-order valence-corrected chi connectivity index (χ1v) is 9.22. The molecule has 0 aliphatic heterocycles. The summed E-state index contributed by atoms with van der Waals surface area (Å²) in [5.41, 5.74) is 1.73. The smallest absolute Gasteiger partial charge is 0.269 e. The molecule has 0 unspecified atom stereocenters. The van der Waals surface area contributed by atoms with Gasteiger partial charge in [-0.2, -0.15) is 0 Å². The van der Waals surface area contributed by atoms with E-state index >= 15 is 0 Å². The van der Waals surface area contributed by atoms with Gasteiger partial charge < -0.3 is 4.74 Å². The summed E-state index contributed by atoms with van der Waals surface area (Å²) < 4.78 is 5.74. The highest BCUT2D eigenvalue weighted by Gasteiger charge is 2.08. The summed E-state index contributed by atoms with van der Waals surface area (Å²) in [6.45, 7) is 0.399. The molecule has 1 aromatic heterocycles. The van der Waals surface area contributed by atoms with Crippen LogP contribution in [0.4, 0.5) is 5.69 Å². The van der Waals surface area contributed by atoms with Crippen LogP contribution in [0.3, 0.4) is 0 Å². The molecule has 0 aliphatic rings. The molecule has 0 saturated carbocycles. The quantitative estimate of drug-likeness (QED) is 0.352. The van der Waals surface area contributed by atoms with E-state index in [1.165, 1.54) is 28.4 Å². The number of thiazole rings is 1. The predicted molar refractivity (Wildman–Crippen MR) is 96.8 cm³/mol. The number of non-ortho nitro benzene ring substituents is 1. The molecule has 0 amide bonds. The molecule has 122 valence electrons. The van der Waals surface area contributed by atoms with Crippen molar-refractivity contribution in [2.45, 2.75) is 11.5 Å². The summed E-state index contributed by atoms with van der Waals surface area (Å²) in [5.74, 6) is 0.805. The summed E-state index contributed by atoms with van der Waals surface area (Å²) in [7, 11) is 0. The lowest BCUT2D eigenvalue weighted by molar-refractivity contribution is -0.384. The van der Waals surface area contributed by atoms with Crippen molar-refractivity contribution in [2.75, 3.05) is 6.26 Å². The van der Waals surface area contributed by atoms with Crippen molar-refractivity contribution in [2.24, 2.45) is 0 Å². The van der Waals surface area contributed by atoms with E-state index in [4.69, 9.17) is 4.74 Å². The Morgan fingerprint density at radius 1 is 1.17 bits per heavy atom. The minimum atomic E-state index is -0.410. The highest BCUT2D eigenvalue weighted by molar-refractivity contribution is 7.98. The van der Waals surface area contributed by atoms with Gasteiger partial charge in [0, 0.05) is 28.0 Å². The van der Waals surface area contributed by atoms with Gasteiger partial charge in [0.05, 0.1) is 10.6 Å². The zero-order valence-electron chi connectivity index (χ0n) is 12.8. The molecule has 0 radical (unpaired) electrons. The van der Waals surface area contributed by atoms with Crippen molar-refractivity contribution in [3.05, 3.63) is 69.0 Å². The third-order valence-electron chi connectivity index (χ3n) is 3.35. The number of aromatic nitrogens is 1. The molecule has 0 aliphatic carbocycles. The van der Waals surface area contributed by atoms with Gasteiger partial charge in [-0.3, -0.25) is 10.1 Å². The predicted octanol–water partition coefficient (Wildman–Crippen LogP) is 5.02. The number of nitrogens with zero attached hydrogens (tertiary/aromatic N) is 2. The summed E-state index contributed by atoms with van der Waals surface area (Å²) in [6, 6.07) is 14.3. The number of nitro groups is 1. The lowest BCUT2D eigenvalue weighted by atomic mass is 10.1. The molecule has 2 aromatic carbocycles. The largest absolute Gasteiger partial charge is 0.486 e. The van der Waals surface area contributed by atoms with Crippen LogP contribution in [-0.4, -0.2) is 16.2 Å². The molecule has 1 heterocycles. The second-order valence-electron chi connectivity index (χ2n) is 4.89. The second-order valence-corrected chi connectivity index (χ2v) is 6.72. The standard InChI is InChI=1S/C17H14N2O3S2/c1-23-15-8-6-14(7-9-15)22-10-17-18-16(11-24-17)12-2-4-13(5-3-12)19(20)21/h2-9,11H,10H2,1H3. The van der Waals surface area contributed by atoms with E-state index in [2.05, 4.69) is 4.98 Å². The number of hydrogen-bond donors (Lipinski definition) is 0. The number of thioether (sulfide) groups is 1. The minimum Gasteiger partial charge on any atom is -0.486 e. The molecule has 24 heavy (non-hydrogen) atoms. The Balaban J connectivity index is 1.65. The number of benzene rings is 2. The third-order valence-corrected chi connectivity index (χ3v) is 4.91. The molecular formula is C17H14N2O3S2. The van der Waals surface area contributed by atoms with Gasteiger partial charge in [-0.1, -0.05) is 0 Å². The molecule has 0 bridgehead atoms. The van der Waals surface area contributed by atoms with Crippen LogP contribution in [0.15, 0.2) is 58.8 Å². The maximum absolute atomic E-state index is 10.7. The van der Waals surface area contributed by atoms with E-state index in [1.54, 1.807) is 23.9 Å². The molecule has 3 rings (SSSR count). The first-order valence-electron chi connectivity index (χ1n) is 7.12. The fraction of sp³-hybridized carbons (Fsp3) is 0.118. The number of nitro benzene ring substituents is 1. The molecule has 0 N–H and O–H groups in total.